The van der Waals surface area contributed by atoms with E-state index in [1.807, 2.05) is 44.2 Å². The summed E-state index contributed by atoms with van der Waals surface area (Å²) < 4.78 is 6.68. The van der Waals surface area contributed by atoms with Crippen molar-refractivity contribution >= 4 is 24.4 Å². The van der Waals surface area contributed by atoms with E-state index >= 15 is 0 Å². The van der Waals surface area contributed by atoms with Crippen molar-refractivity contribution in [2.24, 2.45) is 4.99 Å². The van der Waals surface area contributed by atoms with E-state index in [0.29, 0.717) is 0 Å². The summed E-state index contributed by atoms with van der Waals surface area (Å²) in [6.07, 6.45) is 16.4. The summed E-state index contributed by atoms with van der Waals surface area (Å²) in [5.74, 6) is 1.82. The molecule has 4 aromatic rings. The Kier molecular flexibility index (Phi) is 10.9. The van der Waals surface area contributed by atoms with Crippen LogP contribution in [0.4, 0.5) is 0 Å². The molecule has 2 saturated carbocycles. The van der Waals surface area contributed by atoms with Crippen LogP contribution >= 0.6 is 7.92 Å². The Balaban J connectivity index is 0.000000510. The Labute approximate surface area is 257 Å². The van der Waals surface area contributed by atoms with Gasteiger partial charge in [0.15, 0.2) is 12.0 Å². The monoisotopic (exact) mass is 591 g/mol. The normalized spacial score (nSPS) is 20.6. The average Bonchev–Trinajstić information content (AvgIpc) is 3.83. The molecule has 2 aliphatic carbocycles. The molecule has 10 radical (unpaired) electrons. The third-order valence-corrected chi connectivity index (χ3v) is 9.40. The maximum atomic E-state index is 6.68. The number of nitrogens with zero attached hydrogens (tertiary/aromatic N) is 1. The van der Waals surface area contributed by atoms with Gasteiger partial charge in [-0.2, -0.15) is 0 Å². The van der Waals surface area contributed by atoms with Gasteiger partial charge in [0, 0.05) is 22.7 Å². The fourth-order valence-electron chi connectivity index (χ4n) is 5.02. The van der Waals surface area contributed by atoms with Crippen LogP contribution in [-0.4, -0.2) is 5.90 Å². The number of aliphatic imine (C=N–C) groups is 1. The van der Waals surface area contributed by atoms with E-state index in [2.05, 4.69) is 128 Å². The third-order valence-electron chi connectivity index (χ3n) is 6.90. The number of hydrogen-bond acceptors (Lipinski definition) is 2. The van der Waals surface area contributed by atoms with Crippen LogP contribution in [0.25, 0.3) is 0 Å². The van der Waals surface area contributed by atoms with Crippen LogP contribution in [0.1, 0.15) is 23.3 Å². The van der Waals surface area contributed by atoms with E-state index in [9.17, 15) is 0 Å². The molecule has 1 aliphatic heterocycles. The van der Waals surface area contributed by atoms with Crippen LogP contribution in [0.5, 0.6) is 0 Å². The van der Waals surface area contributed by atoms with Gasteiger partial charge in [-0.3, -0.25) is 0 Å². The number of rotatable bonds is 6. The van der Waals surface area contributed by atoms with Gasteiger partial charge in [-0.25, -0.2) is 4.99 Å². The molecule has 2 nitrogen and oxygen atoms in total. The zero-order chi connectivity index (χ0) is 27.0. The Hall–Kier alpha value is -2.70. The number of benzene rings is 4. The summed E-state index contributed by atoms with van der Waals surface area (Å²) in [7, 11) is -0.744. The van der Waals surface area contributed by atoms with Gasteiger partial charge in [0.05, 0.1) is 5.92 Å². The molecule has 3 aliphatic rings. The second kappa shape index (κ2) is 15.0. The predicted octanol–water partition coefficient (Wildman–Crippen LogP) is 7.78. The van der Waals surface area contributed by atoms with E-state index < -0.39 is 7.92 Å². The molecule has 2 atom stereocenters. The van der Waals surface area contributed by atoms with Crippen molar-refractivity contribution in [2.75, 3.05) is 0 Å². The number of hydrogen-bond donors (Lipinski definition) is 0. The molecular formula is C37H30FeNOP. The molecular weight excluding hydrogens is 561 g/mol. The second-order valence-corrected chi connectivity index (χ2v) is 11.7. The maximum Gasteiger partial charge on any atom is 0.193 e. The Morgan fingerprint density at radius 1 is 0.512 bits per heavy atom. The van der Waals surface area contributed by atoms with E-state index in [1.54, 1.807) is 0 Å². The zero-order valence-electron chi connectivity index (χ0n) is 22.5. The van der Waals surface area contributed by atoms with Gasteiger partial charge in [-0.05, 0) is 81.0 Å². The first-order valence-corrected chi connectivity index (χ1v) is 14.9. The van der Waals surface area contributed by atoms with Crippen LogP contribution in [0.3, 0.4) is 0 Å². The van der Waals surface area contributed by atoms with Gasteiger partial charge in [-0.1, -0.05) is 121 Å². The summed E-state index contributed by atoms with van der Waals surface area (Å²) in [4.78, 5) is 5.19. The Bertz CT molecular complexity index is 1300. The minimum absolute atomic E-state index is 0. The molecule has 202 valence electrons. The van der Waals surface area contributed by atoms with Crippen LogP contribution in [0.2, 0.25) is 0 Å². The SMILES string of the molecule is [CH]1[CH][CH][CH][CH]1.[CH]1[CH][C](C2=N[C@@H](c3ccccc3)[C@@H](c3ccccc3)O2)[C](P(c2ccccc2)c2ccccc2)[CH]1.[Fe]. The van der Waals surface area contributed by atoms with Crippen molar-refractivity contribution in [1.82, 2.24) is 0 Å². The van der Waals surface area contributed by atoms with Crippen molar-refractivity contribution < 1.29 is 21.8 Å². The molecule has 0 bridgehead atoms. The molecule has 0 spiro atoms. The summed E-state index contributed by atoms with van der Waals surface area (Å²) in [6, 6.07) is 42.4. The number of ether oxygens (including phenoxy) is 1. The quantitative estimate of drug-likeness (QED) is 0.166. The third kappa shape index (κ3) is 7.21. The summed E-state index contributed by atoms with van der Waals surface area (Å²) in [5, 5.41) is 2.64. The second-order valence-electron chi connectivity index (χ2n) is 9.53. The van der Waals surface area contributed by atoms with E-state index in [1.165, 1.54) is 16.3 Å². The standard InChI is InChI=1S/C32H25NOP.C5H5.Fe/c1-5-14-24(15-6-1)30-31(25-16-7-2-8-17-25)34-32(33-30)28-22-13-23-29(28)35(26-18-9-3-10-19-26)27-20-11-4-12-21-27;1-2-4-5-3-1;/h1-23,30-31H;1-5H;/t30-,31+;;/m0../s1. The van der Waals surface area contributed by atoms with Crippen molar-refractivity contribution in [1.29, 1.82) is 0 Å². The zero-order valence-corrected chi connectivity index (χ0v) is 24.5. The summed E-state index contributed by atoms with van der Waals surface area (Å²) in [5.41, 5.74) is 3.58. The van der Waals surface area contributed by atoms with Gasteiger partial charge >= 0.3 is 0 Å². The molecule has 0 saturated heterocycles. The van der Waals surface area contributed by atoms with Crippen LogP contribution in [-0.2, 0) is 21.8 Å². The largest absolute Gasteiger partial charge is 0.470 e. The van der Waals surface area contributed by atoms with Gasteiger partial charge in [0.2, 0.25) is 0 Å². The van der Waals surface area contributed by atoms with Gasteiger partial charge in [0.1, 0.15) is 6.04 Å². The molecule has 0 N–H and O–H groups in total. The van der Waals surface area contributed by atoms with Gasteiger partial charge in [0.25, 0.3) is 0 Å². The first-order valence-electron chi connectivity index (χ1n) is 13.6. The predicted molar refractivity (Wildman–Crippen MR) is 167 cm³/mol. The molecule has 1 heterocycles. The fourth-order valence-corrected chi connectivity index (χ4v) is 7.46. The molecule has 0 amide bonds. The smallest absolute Gasteiger partial charge is 0.193 e. The molecule has 41 heavy (non-hydrogen) atoms. The molecule has 0 unspecified atom stereocenters. The first kappa shape index (κ1) is 29.8. The topological polar surface area (TPSA) is 21.6 Å². The summed E-state index contributed by atoms with van der Waals surface area (Å²) in [6.45, 7) is 0. The molecule has 4 heteroatoms. The summed E-state index contributed by atoms with van der Waals surface area (Å²) >= 11 is 0. The Morgan fingerprint density at radius 3 is 1.49 bits per heavy atom. The van der Waals surface area contributed by atoms with Crippen molar-refractivity contribution in [3.63, 3.8) is 0 Å². The van der Waals surface area contributed by atoms with Gasteiger partial charge in [-0.15, -0.1) is 0 Å². The molecule has 7 rings (SSSR count). The van der Waals surface area contributed by atoms with E-state index in [4.69, 9.17) is 9.73 Å². The molecule has 2 fully saturated rings. The Morgan fingerprint density at radius 2 is 0.976 bits per heavy atom. The van der Waals surface area contributed by atoms with Crippen LogP contribution in [0.15, 0.2) is 126 Å². The molecule has 4 aromatic carbocycles. The van der Waals surface area contributed by atoms with Gasteiger partial charge < -0.3 is 4.74 Å². The van der Waals surface area contributed by atoms with Crippen molar-refractivity contribution in [2.45, 2.75) is 12.1 Å². The van der Waals surface area contributed by atoms with Crippen LogP contribution in [0, 0.1) is 62.9 Å². The van der Waals surface area contributed by atoms with Crippen LogP contribution < -0.4 is 10.6 Å². The van der Waals surface area contributed by atoms with Crippen molar-refractivity contribution in [3.05, 3.63) is 195 Å². The average molecular weight is 591 g/mol. The molecule has 0 aromatic heterocycles. The maximum absolute atomic E-state index is 6.68. The van der Waals surface area contributed by atoms with Crippen molar-refractivity contribution in [3.8, 4) is 0 Å². The fraction of sp³-hybridized carbons (Fsp3) is 0.0541. The minimum Gasteiger partial charge on any atom is -0.470 e. The first-order chi connectivity index (χ1) is 19.9. The van der Waals surface area contributed by atoms with E-state index in [0.717, 1.165) is 22.9 Å². The van der Waals surface area contributed by atoms with E-state index in [-0.39, 0.29) is 29.2 Å². The minimum atomic E-state index is -0.744.